The Hall–Kier alpha value is -1.51. The van der Waals surface area contributed by atoms with E-state index in [2.05, 4.69) is 10.0 Å². The molecule has 0 aromatic heterocycles. The van der Waals surface area contributed by atoms with Crippen molar-refractivity contribution in [1.29, 1.82) is 0 Å². The highest BCUT2D eigenvalue weighted by atomic mass is 32.2. The molecule has 0 heterocycles. The maximum absolute atomic E-state index is 12.3. The van der Waals surface area contributed by atoms with Gasteiger partial charge in [0.15, 0.2) is 4.90 Å². The van der Waals surface area contributed by atoms with E-state index in [9.17, 15) is 18.5 Å². The second-order valence-corrected chi connectivity index (χ2v) is 6.96. The first kappa shape index (κ1) is 15.9. The molecule has 0 saturated heterocycles. The molecule has 2 N–H and O–H groups in total. The van der Waals surface area contributed by atoms with Crippen LogP contribution >= 0.6 is 0 Å². The molecule has 2 rings (SSSR count). The predicted octanol–water partition coefficient (Wildman–Crippen LogP) is 1.24. The van der Waals surface area contributed by atoms with Crippen LogP contribution < -0.4 is 10.0 Å². The maximum atomic E-state index is 12.3. The summed E-state index contributed by atoms with van der Waals surface area (Å²) in [6, 6.07) is 3.63. The quantitative estimate of drug-likeness (QED) is 0.448. The van der Waals surface area contributed by atoms with Gasteiger partial charge in [0.05, 0.1) is 4.92 Å². The molecular weight excluding hydrogens is 294 g/mol. The standard InChI is InChI=1S/C13H19N3O4S/c1-9-3-4-10(2)13(12(9)16(17)18)21(19,20)15-8-7-14-11-5-6-11/h3-4,11,14-15H,5-8H2,1-2H3. The molecule has 1 saturated carbocycles. The van der Waals surface area contributed by atoms with E-state index in [1.54, 1.807) is 19.1 Å². The Labute approximate surface area is 123 Å². The summed E-state index contributed by atoms with van der Waals surface area (Å²) in [5, 5.41) is 14.4. The number of aryl methyl sites for hydroxylation is 2. The van der Waals surface area contributed by atoms with E-state index < -0.39 is 14.9 Å². The summed E-state index contributed by atoms with van der Waals surface area (Å²) >= 11 is 0. The van der Waals surface area contributed by atoms with Crippen molar-refractivity contribution in [2.75, 3.05) is 13.1 Å². The summed E-state index contributed by atoms with van der Waals surface area (Å²) in [5.74, 6) is 0. The van der Waals surface area contributed by atoms with Crippen LogP contribution in [0.1, 0.15) is 24.0 Å². The summed E-state index contributed by atoms with van der Waals surface area (Å²) in [4.78, 5) is 10.3. The number of hydrogen-bond donors (Lipinski definition) is 2. The van der Waals surface area contributed by atoms with Crippen molar-refractivity contribution in [2.45, 2.75) is 37.6 Å². The van der Waals surface area contributed by atoms with Gasteiger partial charge in [-0.2, -0.15) is 0 Å². The summed E-state index contributed by atoms with van der Waals surface area (Å²) in [7, 11) is -3.90. The third-order valence-electron chi connectivity index (χ3n) is 3.41. The number of nitro groups is 1. The molecule has 8 heteroatoms. The Bertz CT molecular complexity index is 654. The second kappa shape index (κ2) is 6.08. The average molecular weight is 313 g/mol. The van der Waals surface area contributed by atoms with Crippen LogP contribution in [-0.2, 0) is 10.0 Å². The van der Waals surface area contributed by atoms with Gasteiger partial charge in [0, 0.05) is 24.7 Å². The highest BCUT2D eigenvalue weighted by Gasteiger charge is 2.29. The summed E-state index contributed by atoms with van der Waals surface area (Å²) in [6.45, 7) is 3.82. The molecule has 1 aromatic rings. The van der Waals surface area contributed by atoms with Gasteiger partial charge in [-0.15, -0.1) is 0 Å². The van der Waals surface area contributed by atoms with E-state index in [4.69, 9.17) is 0 Å². The topological polar surface area (TPSA) is 101 Å². The third kappa shape index (κ3) is 3.78. The minimum Gasteiger partial charge on any atom is -0.313 e. The number of rotatable bonds is 7. The molecule has 0 amide bonds. The Kier molecular flexibility index (Phi) is 4.60. The van der Waals surface area contributed by atoms with Gasteiger partial charge in [0.1, 0.15) is 0 Å². The zero-order valence-corrected chi connectivity index (χ0v) is 12.9. The Morgan fingerprint density at radius 2 is 1.86 bits per heavy atom. The molecule has 1 aliphatic carbocycles. The van der Waals surface area contributed by atoms with Gasteiger partial charge in [-0.3, -0.25) is 10.1 Å². The molecule has 0 radical (unpaired) electrons. The van der Waals surface area contributed by atoms with Crippen LogP contribution in [0.2, 0.25) is 0 Å². The van der Waals surface area contributed by atoms with Gasteiger partial charge < -0.3 is 5.32 Å². The van der Waals surface area contributed by atoms with Crippen molar-refractivity contribution in [3.63, 3.8) is 0 Å². The molecule has 1 aliphatic rings. The largest absolute Gasteiger partial charge is 0.313 e. The minimum atomic E-state index is -3.90. The van der Waals surface area contributed by atoms with Crippen LogP contribution in [0.3, 0.4) is 0 Å². The highest BCUT2D eigenvalue weighted by Crippen LogP contribution is 2.30. The molecule has 0 aliphatic heterocycles. The van der Waals surface area contributed by atoms with Crippen molar-refractivity contribution in [3.8, 4) is 0 Å². The lowest BCUT2D eigenvalue weighted by Crippen LogP contribution is -2.33. The van der Waals surface area contributed by atoms with Gasteiger partial charge in [-0.05, 0) is 32.3 Å². The van der Waals surface area contributed by atoms with Gasteiger partial charge >= 0.3 is 0 Å². The zero-order valence-electron chi connectivity index (χ0n) is 12.0. The first-order valence-corrected chi connectivity index (χ1v) is 8.29. The number of nitro benzene ring substituents is 1. The molecule has 7 nitrogen and oxygen atoms in total. The summed E-state index contributed by atoms with van der Waals surface area (Å²) in [6.07, 6.45) is 2.24. The molecule has 1 aromatic carbocycles. The molecule has 0 bridgehead atoms. The van der Waals surface area contributed by atoms with Crippen molar-refractivity contribution >= 4 is 15.7 Å². The first-order valence-electron chi connectivity index (χ1n) is 6.80. The Morgan fingerprint density at radius 3 is 2.43 bits per heavy atom. The number of benzene rings is 1. The minimum absolute atomic E-state index is 0.212. The lowest BCUT2D eigenvalue weighted by Gasteiger charge is -2.11. The third-order valence-corrected chi connectivity index (χ3v) is 5.05. The van der Waals surface area contributed by atoms with E-state index in [0.29, 0.717) is 23.7 Å². The first-order chi connectivity index (χ1) is 9.83. The van der Waals surface area contributed by atoms with E-state index in [-0.39, 0.29) is 17.1 Å². The Morgan fingerprint density at radius 1 is 1.24 bits per heavy atom. The molecule has 0 unspecified atom stereocenters. The fraction of sp³-hybridized carbons (Fsp3) is 0.538. The Balaban J connectivity index is 2.21. The van der Waals surface area contributed by atoms with Gasteiger partial charge in [0.2, 0.25) is 10.0 Å². The lowest BCUT2D eigenvalue weighted by molar-refractivity contribution is -0.388. The lowest BCUT2D eigenvalue weighted by atomic mass is 10.1. The molecule has 21 heavy (non-hydrogen) atoms. The van der Waals surface area contributed by atoms with Crippen molar-refractivity contribution < 1.29 is 13.3 Å². The van der Waals surface area contributed by atoms with Crippen LogP contribution in [0.15, 0.2) is 17.0 Å². The maximum Gasteiger partial charge on any atom is 0.292 e. The van der Waals surface area contributed by atoms with Crippen molar-refractivity contribution in [2.24, 2.45) is 0 Å². The number of sulfonamides is 1. The summed E-state index contributed by atoms with van der Waals surface area (Å²) in [5.41, 5.74) is 0.356. The number of nitrogens with one attached hydrogen (secondary N) is 2. The SMILES string of the molecule is Cc1ccc(C)c(S(=O)(=O)NCCNC2CC2)c1[N+](=O)[O-]. The smallest absolute Gasteiger partial charge is 0.292 e. The zero-order chi connectivity index (χ0) is 15.6. The molecule has 0 spiro atoms. The fourth-order valence-corrected chi connectivity index (χ4v) is 3.66. The molecule has 116 valence electrons. The molecular formula is C13H19N3O4S. The van der Waals surface area contributed by atoms with Crippen molar-refractivity contribution in [1.82, 2.24) is 10.0 Å². The van der Waals surface area contributed by atoms with E-state index in [0.717, 1.165) is 12.8 Å². The predicted molar refractivity (Wildman–Crippen MR) is 78.8 cm³/mol. The van der Waals surface area contributed by atoms with E-state index in [1.807, 2.05) is 0 Å². The van der Waals surface area contributed by atoms with Crippen LogP contribution in [0, 0.1) is 24.0 Å². The van der Waals surface area contributed by atoms with Crippen LogP contribution in [0.5, 0.6) is 0 Å². The average Bonchev–Trinajstić information content (AvgIpc) is 3.20. The molecule has 1 fully saturated rings. The van der Waals surface area contributed by atoms with Crippen LogP contribution in [0.4, 0.5) is 5.69 Å². The normalized spacial score (nSPS) is 15.1. The number of hydrogen-bond acceptors (Lipinski definition) is 5. The number of nitrogens with zero attached hydrogens (tertiary/aromatic N) is 1. The van der Waals surface area contributed by atoms with Crippen LogP contribution in [0.25, 0.3) is 0 Å². The summed E-state index contributed by atoms with van der Waals surface area (Å²) < 4.78 is 27.1. The van der Waals surface area contributed by atoms with Gasteiger partial charge in [-0.25, -0.2) is 13.1 Å². The van der Waals surface area contributed by atoms with E-state index >= 15 is 0 Å². The highest BCUT2D eigenvalue weighted by molar-refractivity contribution is 7.89. The van der Waals surface area contributed by atoms with Crippen molar-refractivity contribution in [3.05, 3.63) is 33.4 Å². The molecule has 0 atom stereocenters. The monoisotopic (exact) mass is 313 g/mol. The van der Waals surface area contributed by atoms with E-state index in [1.165, 1.54) is 6.92 Å². The fourth-order valence-electron chi connectivity index (χ4n) is 2.16. The van der Waals surface area contributed by atoms with Gasteiger partial charge in [-0.1, -0.05) is 12.1 Å². The van der Waals surface area contributed by atoms with Gasteiger partial charge in [0.25, 0.3) is 5.69 Å². The second-order valence-electron chi connectivity index (χ2n) is 5.26. The van der Waals surface area contributed by atoms with Crippen LogP contribution in [-0.4, -0.2) is 32.5 Å².